The van der Waals surface area contributed by atoms with E-state index in [4.69, 9.17) is 0 Å². The van der Waals surface area contributed by atoms with Crippen molar-refractivity contribution >= 4 is 11.0 Å². The minimum Gasteiger partial charge on any atom is -0.318 e. The number of nitrogens with zero attached hydrogens (tertiary/aromatic N) is 2. The van der Waals surface area contributed by atoms with Crippen LogP contribution in [0.15, 0.2) is 29.2 Å². The van der Waals surface area contributed by atoms with E-state index in [1.165, 1.54) is 12.8 Å². The first-order valence-electron chi connectivity index (χ1n) is 7.06. The van der Waals surface area contributed by atoms with Crippen molar-refractivity contribution in [3.05, 3.63) is 40.3 Å². The van der Waals surface area contributed by atoms with Crippen molar-refractivity contribution in [2.24, 2.45) is 0 Å². The molecule has 2 aromatic heterocycles. The molecule has 1 aliphatic carbocycles. The van der Waals surface area contributed by atoms with Crippen molar-refractivity contribution in [3.63, 3.8) is 0 Å². The Morgan fingerprint density at radius 2 is 2.21 bits per heavy atom. The summed E-state index contributed by atoms with van der Waals surface area (Å²) in [5, 5.41) is 1.02. The van der Waals surface area contributed by atoms with Crippen molar-refractivity contribution in [2.45, 2.75) is 45.1 Å². The van der Waals surface area contributed by atoms with Crippen LogP contribution in [0, 0.1) is 0 Å². The lowest BCUT2D eigenvalue weighted by atomic mass is 10.1. The summed E-state index contributed by atoms with van der Waals surface area (Å²) < 4.78 is 1.66. The summed E-state index contributed by atoms with van der Waals surface area (Å²) in [6, 6.07) is 6.27. The lowest BCUT2D eigenvalue weighted by Crippen LogP contribution is -2.36. The van der Waals surface area contributed by atoms with Crippen LogP contribution in [0.25, 0.3) is 11.0 Å². The first-order valence-corrected chi connectivity index (χ1v) is 7.06. The Balaban J connectivity index is 2.13. The normalized spacial score (nSPS) is 16.1. The number of fused-ring (bicyclic) bond motifs is 1. The highest BCUT2D eigenvalue weighted by atomic mass is 16.1. The number of nitrogens with one attached hydrogen (secondary N) is 1. The quantitative estimate of drug-likeness (QED) is 0.918. The van der Waals surface area contributed by atoms with Gasteiger partial charge in [-0.25, -0.2) is 9.66 Å². The predicted octanol–water partition coefficient (Wildman–Crippen LogP) is 2.45. The maximum absolute atomic E-state index is 12.5. The number of rotatable bonds is 3. The highest BCUT2D eigenvalue weighted by Gasteiger charge is 2.17. The molecule has 4 nitrogen and oxygen atoms in total. The smallest absolute Gasteiger partial charge is 0.274 e. The van der Waals surface area contributed by atoms with Crippen LogP contribution in [0.5, 0.6) is 0 Å². The molecule has 0 saturated heterocycles. The van der Waals surface area contributed by atoms with Crippen LogP contribution in [0.3, 0.4) is 0 Å². The number of aryl methyl sites for hydroxylation is 1. The van der Waals surface area contributed by atoms with Gasteiger partial charge in [-0.15, -0.1) is 0 Å². The molecule has 0 aliphatic heterocycles. The van der Waals surface area contributed by atoms with Crippen LogP contribution in [0.4, 0.5) is 0 Å². The van der Waals surface area contributed by atoms with Crippen LogP contribution < -0.4 is 11.0 Å². The molecule has 1 N–H and O–H groups in total. The van der Waals surface area contributed by atoms with E-state index >= 15 is 0 Å². The molecule has 1 aliphatic rings. The molecule has 0 aromatic carbocycles. The third-order valence-electron chi connectivity index (χ3n) is 3.88. The lowest BCUT2D eigenvalue weighted by Gasteiger charge is -2.18. The van der Waals surface area contributed by atoms with Gasteiger partial charge in [0.15, 0.2) is 5.65 Å². The highest BCUT2D eigenvalue weighted by molar-refractivity contribution is 5.75. The Labute approximate surface area is 112 Å². The van der Waals surface area contributed by atoms with Crippen LogP contribution in [-0.4, -0.2) is 15.7 Å². The minimum atomic E-state index is 0.0422. The Morgan fingerprint density at radius 1 is 1.42 bits per heavy atom. The summed E-state index contributed by atoms with van der Waals surface area (Å²) in [4.78, 5) is 16.8. The fourth-order valence-electron chi connectivity index (χ4n) is 2.81. The minimum absolute atomic E-state index is 0.0422. The van der Waals surface area contributed by atoms with E-state index in [1.54, 1.807) is 10.9 Å². The van der Waals surface area contributed by atoms with Crippen molar-refractivity contribution in [2.75, 3.05) is 5.43 Å². The molecule has 100 valence electrons. The molecule has 2 aromatic rings. The zero-order valence-corrected chi connectivity index (χ0v) is 11.2. The van der Waals surface area contributed by atoms with E-state index in [2.05, 4.69) is 10.4 Å². The summed E-state index contributed by atoms with van der Waals surface area (Å²) in [5.74, 6) is 0. The number of hydrogen-bond donors (Lipinski definition) is 1. The summed E-state index contributed by atoms with van der Waals surface area (Å²) in [6.07, 6.45) is 7.24. The Morgan fingerprint density at radius 3 is 2.95 bits per heavy atom. The summed E-state index contributed by atoms with van der Waals surface area (Å²) in [6.45, 7) is 2.01. The molecule has 0 atom stereocenters. The van der Waals surface area contributed by atoms with Gasteiger partial charge in [-0.3, -0.25) is 4.79 Å². The van der Waals surface area contributed by atoms with Crippen LogP contribution >= 0.6 is 0 Å². The van der Waals surface area contributed by atoms with E-state index in [0.717, 1.165) is 35.9 Å². The topological polar surface area (TPSA) is 46.9 Å². The average Bonchev–Trinajstić information content (AvgIpc) is 2.94. The monoisotopic (exact) mass is 257 g/mol. The van der Waals surface area contributed by atoms with Crippen molar-refractivity contribution in [3.8, 4) is 0 Å². The van der Waals surface area contributed by atoms with Crippen molar-refractivity contribution < 1.29 is 0 Å². The zero-order valence-electron chi connectivity index (χ0n) is 11.2. The molecule has 3 rings (SSSR count). The standard InChI is InChI=1S/C15H19N3O/c1-2-11-10-12-6-5-9-16-14(12)18(15(11)19)17-13-7-3-4-8-13/h5-6,9-10,13,17H,2-4,7-8H2,1H3. The molecule has 0 amide bonds. The Hall–Kier alpha value is -1.84. The number of hydrogen-bond acceptors (Lipinski definition) is 3. The lowest BCUT2D eigenvalue weighted by molar-refractivity contribution is 0.649. The van der Waals surface area contributed by atoms with Gasteiger partial charge >= 0.3 is 0 Å². The summed E-state index contributed by atoms with van der Waals surface area (Å²) in [5.41, 5.74) is 4.98. The van der Waals surface area contributed by atoms with E-state index < -0.39 is 0 Å². The summed E-state index contributed by atoms with van der Waals surface area (Å²) >= 11 is 0. The largest absolute Gasteiger partial charge is 0.318 e. The van der Waals surface area contributed by atoms with E-state index in [1.807, 2.05) is 25.1 Å². The van der Waals surface area contributed by atoms with E-state index in [0.29, 0.717) is 6.04 Å². The van der Waals surface area contributed by atoms with Crippen molar-refractivity contribution in [1.82, 2.24) is 9.66 Å². The molecule has 0 bridgehead atoms. The average molecular weight is 257 g/mol. The second-order valence-electron chi connectivity index (χ2n) is 5.19. The molecular formula is C15H19N3O. The van der Waals surface area contributed by atoms with Gasteiger partial charge in [0, 0.05) is 23.2 Å². The molecule has 0 radical (unpaired) electrons. The highest BCUT2D eigenvalue weighted by Crippen LogP contribution is 2.19. The third kappa shape index (κ3) is 2.23. The van der Waals surface area contributed by atoms with E-state index in [9.17, 15) is 4.79 Å². The second-order valence-corrected chi connectivity index (χ2v) is 5.19. The van der Waals surface area contributed by atoms with Gasteiger partial charge in [0.2, 0.25) is 0 Å². The van der Waals surface area contributed by atoms with Crippen molar-refractivity contribution in [1.29, 1.82) is 0 Å². The predicted molar refractivity (Wildman–Crippen MR) is 77.0 cm³/mol. The maximum atomic E-state index is 12.5. The van der Waals surface area contributed by atoms with Gasteiger partial charge in [0.1, 0.15) is 0 Å². The molecular weight excluding hydrogens is 238 g/mol. The number of aromatic nitrogens is 2. The molecule has 2 heterocycles. The molecule has 1 saturated carbocycles. The van der Waals surface area contributed by atoms with Gasteiger partial charge in [-0.2, -0.15) is 0 Å². The van der Waals surface area contributed by atoms with Gasteiger partial charge in [0.05, 0.1) is 0 Å². The molecule has 19 heavy (non-hydrogen) atoms. The van der Waals surface area contributed by atoms with Gasteiger partial charge in [0.25, 0.3) is 5.56 Å². The van der Waals surface area contributed by atoms with Crippen LogP contribution in [0.2, 0.25) is 0 Å². The molecule has 4 heteroatoms. The maximum Gasteiger partial charge on any atom is 0.274 e. The van der Waals surface area contributed by atoms with Gasteiger partial charge < -0.3 is 5.43 Å². The van der Waals surface area contributed by atoms with E-state index in [-0.39, 0.29) is 5.56 Å². The summed E-state index contributed by atoms with van der Waals surface area (Å²) in [7, 11) is 0. The van der Waals surface area contributed by atoms with Crippen LogP contribution in [0.1, 0.15) is 38.2 Å². The first-order chi connectivity index (χ1) is 9.29. The SMILES string of the molecule is CCc1cc2cccnc2n(NC2CCCC2)c1=O. The zero-order chi connectivity index (χ0) is 13.2. The molecule has 0 spiro atoms. The molecule has 0 unspecified atom stereocenters. The van der Waals surface area contributed by atoms with Gasteiger partial charge in [-0.1, -0.05) is 19.8 Å². The third-order valence-corrected chi connectivity index (χ3v) is 3.88. The Kier molecular flexibility index (Phi) is 3.23. The Bertz CT molecular complexity index is 641. The van der Waals surface area contributed by atoms with Gasteiger partial charge in [-0.05, 0) is 37.5 Å². The second kappa shape index (κ2) is 5.03. The first kappa shape index (κ1) is 12.2. The fourth-order valence-corrected chi connectivity index (χ4v) is 2.81. The van der Waals surface area contributed by atoms with Crippen LogP contribution in [-0.2, 0) is 6.42 Å². The fraction of sp³-hybridized carbons (Fsp3) is 0.467. The number of pyridine rings is 2. The molecule has 1 fully saturated rings.